The summed E-state index contributed by atoms with van der Waals surface area (Å²) in [6, 6.07) is 93.1. The van der Waals surface area contributed by atoms with Crippen LogP contribution in [-0.4, -0.2) is 4.57 Å². The van der Waals surface area contributed by atoms with Gasteiger partial charge in [0.15, 0.2) is 0 Å². The van der Waals surface area contributed by atoms with E-state index in [4.69, 9.17) is 4.42 Å². The molecular formula is C65H42N2O. The highest BCUT2D eigenvalue weighted by molar-refractivity contribution is 6.27. The summed E-state index contributed by atoms with van der Waals surface area (Å²) in [5, 5.41) is 7.01. The summed E-state index contributed by atoms with van der Waals surface area (Å²) in [5.74, 6) is 0. The third kappa shape index (κ3) is 5.54. The van der Waals surface area contributed by atoms with Crippen LogP contribution in [-0.2, 0) is 5.41 Å². The third-order valence-electron chi connectivity index (χ3n) is 14.4. The molecule has 0 bridgehead atoms. The van der Waals surface area contributed by atoms with E-state index in [1.165, 1.54) is 60.5 Å². The molecule has 0 atom stereocenters. The van der Waals surface area contributed by atoms with Crippen LogP contribution in [0.4, 0.5) is 17.1 Å². The Hall–Kier alpha value is -8.92. The summed E-state index contributed by atoms with van der Waals surface area (Å²) in [4.78, 5) is 2.47. The van der Waals surface area contributed by atoms with Gasteiger partial charge < -0.3 is 13.9 Å². The number of hydrogen-bond donors (Lipinski definition) is 0. The van der Waals surface area contributed by atoms with Gasteiger partial charge in [0.2, 0.25) is 0 Å². The molecular weight excluding hydrogens is 825 g/mol. The maximum Gasteiger partial charge on any atom is 0.138 e. The molecule has 1 aliphatic rings. The first-order valence-electron chi connectivity index (χ1n) is 23.4. The van der Waals surface area contributed by atoms with E-state index >= 15 is 0 Å². The Morgan fingerprint density at radius 3 is 1.81 bits per heavy atom. The fraction of sp³-hybridized carbons (Fsp3) is 0.0154. The fourth-order valence-corrected chi connectivity index (χ4v) is 11.7. The van der Waals surface area contributed by atoms with Crippen molar-refractivity contribution in [2.24, 2.45) is 0 Å². The van der Waals surface area contributed by atoms with Gasteiger partial charge in [0.1, 0.15) is 11.2 Å². The number of benzene rings is 11. The summed E-state index contributed by atoms with van der Waals surface area (Å²) in [6.07, 6.45) is 0. The molecule has 0 aliphatic heterocycles. The Kier molecular flexibility index (Phi) is 8.50. The number of rotatable bonds is 7. The Morgan fingerprint density at radius 2 is 1.03 bits per heavy atom. The van der Waals surface area contributed by atoms with Crippen LogP contribution in [0.15, 0.2) is 259 Å². The zero-order valence-electron chi connectivity index (χ0n) is 37.1. The Bertz CT molecular complexity index is 4040. The lowest BCUT2D eigenvalue weighted by molar-refractivity contribution is 0.669. The van der Waals surface area contributed by atoms with Crippen molar-refractivity contribution in [1.82, 2.24) is 4.57 Å². The molecule has 2 aromatic heterocycles. The van der Waals surface area contributed by atoms with Crippen LogP contribution in [0.1, 0.15) is 22.3 Å². The van der Waals surface area contributed by atoms with Gasteiger partial charge in [-0.1, -0.05) is 200 Å². The van der Waals surface area contributed by atoms with Gasteiger partial charge in [-0.25, -0.2) is 0 Å². The first-order valence-corrected chi connectivity index (χ1v) is 23.4. The molecule has 2 heterocycles. The average Bonchev–Trinajstić information content (AvgIpc) is 4.05. The molecule has 0 spiro atoms. The predicted molar refractivity (Wildman–Crippen MR) is 283 cm³/mol. The molecule has 68 heavy (non-hydrogen) atoms. The molecule has 0 radical (unpaired) electrons. The lowest BCUT2D eigenvalue weighted by Crippen LogP contribution is -2.28. The van der Waals surface area contributed by atoms with Crippen molar-refractivity contribution in [1.29, 1.82) is 0 Å². The van der Waals surface area contributed by atoms with Crippen LogP contribution in [0.2, 0.25) is 0 Å². The van der Waals surface area contributed by atoms with Gasteiger partial charge in [0.25, 0.3) is 0 Å². The van der Waals surface area contributed by atoms with Crippen molar-refractivity contribution >= 4 is 71.6 Å². The van der Waals surface area contributed by atoms with E-state index in [1.807, 2.05) is 0 Å². The monoisotopic (exact) mass is 866 g/mol. The van der Waals surface area contributed by atoms with Crippen LogP contribution < -0.4 is 4.90 Å². The summed E-state index contributed by atoms with van der Waals surface area (Å²) in [6.45, 7) is 0. The molecule has 11 aromatic carbocycles. The van der Waals surface area contributed by atoms with Gasteiger partial charge in [-0.2, -0.15) is 0 Å². The van der Waals surface area contributed by atoms with Crippen LogP contribution in [0, 0.1) is 0 Å². The lowest BCUT2D eigenvalue weighted by Gasteiger charge is -2.34. The molecule has 0 unspecified atom stereocenters. The van der Waals surface area contributed by atoms with Gasteiger partial charge in [0.05, 0.1) is 22.1 Å². The first-order chi connectivity index (χ1) is 33.8. The molecule has 0 saturated heterocycles. The summed E-state index contributed by atoms with van der Waals surface area (Å²) in [5.41, 5.74) is 17.6. The number of aromatic nitrogens is 1. The highest BCUT2D eigenvalue weighted by Gasteiger charge is 2.47. The van der Waals surface area contributed by atoms with Gasteiger partial charge in [0, 0.05) is 55.8 Å². The molecule has 318 valence electrons. The standard InChI is InChI=1S/C65H42N2O/c1-5-21-44(22-6-1)61-63-52-39-38-50(41-57(52)67(49-37-36-43-20-13-14-23-45(43)40-49)58(63)42-60-64(61)53-31-16-18-35-59(53)68-60)66(48-28-11-4-12-29-48)56-34-19-33-55-62(56)51-30-15-17-32-54(51)65(55,46-24-7-2-8-25-46)47-26-9-3-10-27-47/h1-42H. The third-order valence-corrected chi connectivity index (χ3v) is 14.4. The van der Waals surface area contributed by atoms with Gasteiger partial charge in [-0.05, 0) is 92.7 Å². The molecule has 0 saturated carbocycles. The summed E-state index contributed by atoms with van der Waals surface area (Å²) < 4.78 is 9.25. The Labute approximate surface area is 394 Å². The second-order valence-corrected chi connectivity index (χ2v) is 17.9. The van der Waals surface area contributed by atoms with Gasteiger partial charge >= 0.3 is 0 Å². The molecule has 1 aliphatic carbocycles. The second kappa shape index (κ2) is 15.1. The minimum Gasteiger partial charge on any atom is -0.456 e. The molecule has 14 rings (SSSR count). The Balaban J connectivity index is 1.10. The van der Waals surface area contributed by atoms with Crippen molar-refractivity contribution in [3.8, 4) is 27.9 Å². The zero-order valence-corrected chi connectivity index (χ0v) is 37.1. The van der Waals surface area contributed by atoms with Gasteiger partial charge in [-0.15, -0.1) is 0 Å². The first kappa shape index (κ1) is 38.4. The van der Waals surface area contributed by atoms with Crippen LogP contribution in [0.3, 0.4) is 0 Å². The fourth-order valence-electron chi connectivity index (χ4n) is 11.7. The number of hydrogen-bond acceptors (Lipinski definition) is 2. The predicted octanol–water partition coefficient (Wildman–Crippen LogP) is 17.3. The van der Waals surface area contributed by atoms with E-state index in [0.717, 1.165) is 61.3 Å². The van der Waals surface area contributed by atoms with E-state index < -0.39 is 5.41 Å². The lowest BCUT2D eigenvalue weighted by atomic mass is 9.68. The number of para-hydroxylation sites is 2. The SMILES string of the molecule is c1ccc(-c2c3c(cc4c2c2ccc(N(c5ccccc5)c5cccc6c5-c5ccccc5C6(c5ccccc5)c5ccccc5)cc2n4-c2ccc4ccccc4c2)oc2ccccc23)cc1. The minimum absolute atomic E-state index is 0.534. The molecule has 0 N–H and O–H groups in total. The second-order valence-electron chi connectivity index (χ2n) is 17.9. The molecule has 13 aromatic rings. The van der Waals surface area contributed by atoms with Crippen LogP contribution in [0.5, 0.6) is 0 Å². The highest BCUT2D eigenvalue weighted by atomic mass is 16.3. The molecule has 3 nitrogen and oxygen atoms in total. The van der Waals surface area contributed by atoms with E-state index in [2.05, 4.69) is 264 Å². The minimum atomic E-state index is -0.534. The molecule has 0 amide bonds. The molecule has 0 fully saturated rings. The number of fused-ring (bicyclic) bond motifs is 10. The molecule has 3 heteroatoms. The Morgan fingerprint density at radius 1 is 0.382 bits per heavy atom. The van der Waals surface area contributed by atoms with Crippen molar-refractivity contribution in [2.75, 3.05) is 4.90 Å². The maximum atomic E-state index is 6.79. The topological polar surface area (TPSA) is 21.3 Å². The summed E-state index contributed by atoms with van der Waals surface area (Å²) >= 11 is 0. The van der Waals surface area contributed by atoms with Crippen LogP contribution in [0.25, 0.3) is 82.5 Å². The maximum absolute atomic E-state index is 6.79. The van der Waals surface area contributed by atoms with E-state index in [9.17, 15) is 0 Å². The van der Waals surface area contributed by atoms with E-state index in [1.54, 1.807) is 0 Å². The number of nitrogens with zero attached hydrogens (tertiary/aromatic N) is 2. The van der Waals surface area contributed by atoms with Crippen molar-refractivity contribution < 1.29 is 4.42 Å². The normalized spacial score (nSPS) is 12.8. The van der Waals surface area contributed by atoms with E-state index in [-0.39, 0.29) is 0 Å². The quantitative estimate of drug-likeness (QED) is 0.159. The smallest absolute Gasteiger partial charge is 0.138 e. The average molecular weight is 867 g/mol. The number of anilines is 3. The summed E-state index contributed by atoms with van der Waals surface area (Å²) in [7, 11) is 0. The highest BCUT2D eigenvalue weighted by Crippen LogP contribution is 2.60. The largest absolute Gasteiger partial charge is 0.456 e. The van der Waals surface area contributed by atoms with Crippen molar-refractivity contribution in [3.05, 3.63) is 277 Å². The van der Waals surface area contributed by atoms with Crippen molar-refractivity contribution in [3.63, 3.8) is 0 Å². The van der Waals surface area contributed by atoms with Crippen LogP contribution >= 0.6 is 0 Å². The zero-order chi connectivity index (χ0) is 44.8. The van der Waals surface area contributed by atoms with Gasteiger partial charge in [-0.3, -0.25) is 0 Å². The van der Waals surface area contributed by atoms with E-state index in [0.29, 0.717) is 0 Å². The van der Waals surface area contributed by atoms with Crippen molar-refractivity contribution in [2.45, 2.75) is 5.41 Å². The number of furan rings is 1.